The highest BCUT2D eigenvalue weighted by molar-refractivity contribution is 5.89. The largest absolute Gasteiger partial charge is 0.481 e. The Balaban J connectivity index is 2.68. The standard InChI is InChI=1S/C12H19NO5/c1-7(11(17)18-12(2,3)4)13-6-8(10(15)16)5-9(13)14/h7-8H,5-6H2,1-4H3,(H,15,16)/t7?,8-/m0/s1. The van der Waals surface area contributed by atoms with Crippen LogP contribution in [0.25, 0.3) is 0 Å². The van der Waals surface area contributed by atoms with Gasteiger partial charge in [-0.3, -0.25) is 9.59 Å². The van der Waals surface area contributed by atoms with Crippen LogP contribution < -0.4 is 0 Å². The summed E-state index contributed by atoms with van der Waals surface area (Å²) in [5, 5.41) is 8.86. The molecule has 0 aromatic carbocycles. The Labute approximate surface area is 106 Å². The van der Waals surface area contributed by atoms with E-state index in [4.69, 9.17) is 9.84 Å². The van der Waals surface area contributed by atoms with E-state index in [0.717, 1.165) is 0 Å². The zero-order chi connectivity index (χ0) is 14.1. The topological polar surface area (TPSA) is 83.9 Å². The summed E-state index contributed by atoms with van der Waals surface area (Å²) >= 11 is 0. The van der Waals surface area contributed by atoms with Gasteiger partial charge in [-0.1, -0.05) is 0 Å². The molecule has 1 heterocycles. The molecule has 1 unspecified atom stereocenters. The second-order valence-corrected chi connectivity index (χ2v) is 5.49. The molecule has 0 bridgehead atoms. The van der Waals surface area contributed by atoms with E-state index in [2.05, 4.69) is 0 Å². The van der Waals surface area contributed by atoms with E-state index < -0.39 is 29.5 Å². The van der Waals surface area contributed by atoms with Gasteiger partial charge in [-0.2, -0.15) is 0 Å². The van der Waals surface area contributed by atoms with E-state index in [-0.39, 0.29) is 18.9 Å². The fourth-order valence-corrected chi connectivity index (χ4v) is 1.79. The second kappa shape index (κ2) is 4.96. The number of amides is 1. The van der Waals surface area contributed by atoms with E-state index in [9.17, 15) is 14.4 Å². The summed E-state index contributed by atoms with van der Waals surface area (Å²) in [5.41, 5.74) is -0.625. The average molecular weight is 257 g/mol. The predicted octanol–water partition coefficient (Wildman–Crippen LogP) is 0.650. The minimum absolute atomic E-state index is 0.0531. The first-order valence-electron chi connectivity index (χ1n) is 5.87. The molecule has 1 aliphatic heterocycles. The minimum atomic E-state index is -1.01. The van der Waals surface area contributed by atoms with Gasteiger partial charge in [0.1, 0.15) is 11.6 Å². The normalized spacial score (nSPS) is 21.9. The van der Waals surface area contributed by atoms with Crippen molar-refractivity contribution in [3.05, 3.63) is 0 Å². The number of rotatable bonds is 3. The van der Waals surface area contributed by atoms with Gasteiger partial charge in [-0.25, -0.2) is 4.79 Å². The Bertz CT molecular complexity index is 371. The van der Waals surface area contributed by atoms with Crippen molar-refractivity contribution in [2.24, 2.45) is 5.92 Å². The molecular formula is C12H19NO5. The zero-order valence-electron chi connectivity index (χ0n) is 11.1. The number of nitrogens with zero attached hydrogens (tertiary/aromatic N) is 1. The van der Waals surface area contributed by atoms with Crippen LogP contribution in [0, 0.1) is 5.92 Å². The number of esters is 1. The highest BCUT2D eigenvalue weighted by Gasteiger charge is 2.39. The molecule has 6 nitrogen and oxygen atoms in total. The zero-order valence-corrected chi connectivity index (χ0v) is 11.1. The van der Waals surface area contributed by atoms with Crippen molar-refractivity contribution in [1.82, 2.24) is 4.90 Å². The molecule has 2 atom stereocenters. The molecule has 6 heteroatoms. The summed E-state index contributed by atoms with van der Waals surface area (Å²) in [6, 6.07) is -0.749. The third-order valence-electron chi connectivity index (χ3n) is 2.72. The molecule has 0 radical (unpaired) electrons. The number of aliphatic carboxylic acids is 1. The summed E-state index contributed by atoms with van der Waals surface area (Å²) in [4.78, 5) is 35.5. The van der Waals surface area contributed by atoms with Crippen LogP contribution in [0.5, 0.6) is 0 Å². The van der Waals surface area contributed by atoms with E-state index in [1.807, 2.05) is 0 Å². The fourth-order valence-electron chi connectivity index (χ4n) is 1.79. The van der Waals surface area contributed by atoms with Gasteiger partial charge in [-0.05, 0) is 27.7 Å². The van der Waals surface area contributed by atoms with Gasteiger partial charge in [0.15, 0.2) is 0 Å². The van der Waals surface area contributed by atoms with E-state index in [1.54, 1.807) is 27.7 Å². The van der Waals surface area contributed by atoms with Gasteiger partial charge in [0, 0.05) is 13.0 Å². The van der Waals surface area contributed by atoms with Crippen molar-refractivity contribution in [3.63, 3.8) is 0 Å². The molecule has 1 N–H and O–H groups in total. The maximum Gasteiger partial charge on any atom is 0.329 e. The first-order valence-corrected chi connectivity index (χ1v) is 5.87. The summed E-state index contributed by atoms with van der Waals surface area (Å²) < 4.78 is 5.18. The fraction of sp³-hybridized carbons (Fsp3) is 0.750. The lowest BCUT2D eigenvalue weighted by atomic mass is 10.1. The lowest BCUT2D eigenvalue weighted by Gasteiger charge is -2.27. The quantitative estimate of drug-likeness (QED) is 0.750. The van der Waals surface area contributed by atoms with Gasteiger partial charge in [0.25, 0.3) is 0 Å². The maximum absolute atomic E-state index is 11.8. The lowest BCUT2D eigenvalue weighted by Crippen LogP contribution is -2.43. The molecular weight excluding hydrogens is 238 g/mol. The number of carbonyl (C=O) groups excluding carboxylic acids is 2. The third-order valence-corrected chi connectivity index (χ3v) is 2.72. The molecule has 0 spiro atoms. The van der Waals surface area contributed by atoms with Crippen LogP contribution in [-0.4, -0.2) is 46.0 Å². The van der Waals surface area contributed by atoms with Gasteiger partial charge in [0.2, 0.25) is 5.91 Å². The summed E-state index contributed by atoms with van der Waals surface area (Å²) in [6.07, 6.45) is -0.0531. The first kappa shape index (κ1) is 14.5. The van der Waals surface area contributed by atoms with Crippen LogP contribution in [0.1, 0.15) is 34.1 Å². The Kier molecular flexibility index (Phi) is 3.98. The molecule has 0 aromatic rings. The Morgan fingerprint density at radius 3 is 2.39 bits per heavy atom. The van der Waals surface area contributed by atoms with E-state index in [1.165, 1.54) is 4.90 Å². The molecule has 0 aromatic heterocycles. The number of carboxylic acid groups (broad SMARTS) is 1. The first-order chi connectivity index (χ1) is 8.11. The van der Waals surface area contributed by atoms with Crippen LogP contribution in [0.2, 0.25) is 0 Å². The van der Waals surface area contributed by atoms with Crippen LogP contribution in [0.15, 0.2) is 0 Å². The number of ether oxygens (including phenoxy) is 1. The van der Waals surface area contributed by atoms with Crippen molar-refractivity contribution >= 4 is 17.8 Å². The van der Waals surface area contributed by atoms with E-state index >= 15 is 0 Å². The van der Waals surface area contributed by atoms with E-state index in [0.29, 0.717) is 0 Å². The molecule has 1 rings (SSSR count). The Morgan fingerprint density at radius 2 is 2.00 bits per heavy atom. The molecule has 18 heavy (non-hydrogen) atoms. The monoisotopic (exact) mass is 257 g/mol. The van der Waals surface area contributed by atoms with Crippen molar-refractivity contribution < 1.29 is 24.2 Å². The molecule has 1 amide bonds. The van der Waals surface area contributed by atoms with Crippen molar-refractivity contribution in [2.45, 2.75) is 45.8 Å². The average Bonchev–Trinajstić information content (AvgIpc) is 2.56. The molecule has 1 aliphatic rings. The number of carboxylic acids is 1. The lowest BCUT2D eigenvalue weighted by molar-refractivity contribution is -0.163. The van der Waals surface area contributed by atoms with Crippen molar-refractivity contribution in [2.75, 3.05) is 6.54 Å². The van der Waals surface area contributed by atoms with Crippen molar-refractivity contribution in [1.29, 1.82) is 0 Å². The highest BCUT2D eigenvalue weighted by Crippen LogP contribution is 2.22. The van der Waals surface area contributed by atoms with Gasteiger partial charge < -0.3 is 14.7 Å². The molecule has 1 saturated heterocycles. The van der Waals surface area contributed by atoms with Crippen LogP contribution in [0.3, 0.4) is 0 Å². The van der Waals surface area contributed by atoms with Crippen molar-refractivity contribution in [3.8, 4) is 0 Å². The van der Waals surface area contributed by atoms with Gasteiger partial charge in [-0.15, -0.1) is 0 Å². The Morgan fingerprint density at radius 1 is 1.44 bits per heavy atom. The summed E-state index contributed by atoms with van der Waals surface area (Å²) in [5.74, 6) is -2.58. The molecule has 0 saturated carbocycles. The number of likely N-dealkylation sites (tertiary alicyclic amines) is 1. The number of hydrogen-bond acceptors (Lipinski definition) is 4. The second-order valence-electron chi connectivity index (χ2n) is 5.49. The van der Waals surface area contributed by atoms with Gasteiger partial charge >= 0.3 is 11.9 Å². The summed E-state index contributed by atoms with van der Waals surface area (Å²) in [7, 11) is 0. The summed E-state index contributed by atoms with van der Waals surface area (Å²) in [6.45, 7) is 6.83. The Hall–Kier alpha value is -1.59. The predicted molar refractivity (Wildman–Crippen MR) is 62.8 cm³/mol. The van der Waals surface area contributed by atoms with Crippen LogP contribution in [0.4, 0.5) is 0 Å². The SMILES string of the molecule is CC(C(=O)OC(C)(C)C)N1C[C@@H](C(=O)O)CC1=O. The highest BCUT2D eigenvalue weighted by atomic mass is 16.6. The number of hydrogen-bond donors (Lipinski definition) is 1. The van der Waals surface area contributed by atoms with Gasteiger partial charge in [0.05, 0.1) is 5.92 Å². The number of carbonyl (C=O) groups is 3. The molecule has 102 valence electrons. The van der Waals surface area contributed by atoms with Crippen LogP contribution in [-0.2, 0) is 19.1 Å². The molecule has 1 fully saturated rings. The maximum atomic E-state index is 11.8. The molecule has 0 aliphatic carbocycles. The minimum Gasteiger partial charge on any atom is -0.481 e. The van der Waals surface area contributed by atoms with Crippen LogP contribution >= 0.6 is 0 Å². The third kappa shape index (κ3) is 3.45. The smallest absolute Gasteiger partial charge is 0.329 e.